The van der Waals surface area contributed by atoms with Crippen molar-refractivity contribution in [3.05, 3.63) is 29.3 Å². The van der Waals surface area contributed by atoms with Crippen LogP contribution in [0, 0.1) is 0 Å². The molecule has 1 saturated heterocycles. The van der Waals surface area contributed by atoms with E-state index in [1.54, 1.807) is 0 Å². The van der Waals surface area contributed by atoms with Crippen LogP contribution in [-0.4, -0.2) is 22.7 Å². The van der Waals surface area contributed by atoms with Crippen LogP contribution in [0.5, 0.6) is 5.75 Å². The van der Waals surface area contributed by atoms with Gasteiger partial charge in [0.15, 0.2) is 0 Å². The Labute approximate surface area is 100 Å². The minimum Gasteiger partial charge on any atom is -0.493 e. The number of benzene rings is 1. The minimum absolute atomic E-state index is 0.357. The lowest BCUT2D eigenvalue weighted by atomic mass is 10.00. The molecule has 2 unspecified atom stereocenters. The second-order valence-electron chi connectivity index (χ2n) is 4.43. The first kappa shape index (κ1) is 10.5. The van der Waals surface area contributed by atoms with Crippen LogP contribution in [0.15, 0.2) is 18.2 Å². The van der Waals surface area contributed by atoms with Gasteiger partial charge in [0.25, 0.3) is 0 Å². The summed E-state index contributed by atoms with van der Waals surface area (Å²) in [4.78, 5) is 0. The van der Waals surface area contributed by atoms with E-state index < -0.39 is 0 Å². The van der Waals surface area contributed by atoms with E-state index >= 15 is 0 Å². The molecular weight excluding hydrogens is 220 g/mol. The Hall–Kier alpha value is -0.670. The van der Waals surface area contributed by atoms with Gasteiger partial charge in [0.1, 0.15) is 5.75 Å². The normalized spacial score (nSPS) is 25.2. The maximum absolute atomic E-state index is 10.4. The molecular formula is C13H16O2S. The molecule has 0 spiro atoms. The monoisotopic (exact) mass is 236 g/mol. The van der Waals surface area contributed by atoms with Crippen molar-refractivity contribution in [3.63, 3.8) is 0 Å². The highest BCUT2D eigenvalue weighted by atomic mass is 32.2. The van der Waals surface area contributed by atoms with E-state index in [0.717, 1.165) is 30.8 Å². The van der Waals surface area contributed by atoms with Gasteiger partial charge in [0, 0.05) is 17.2 Å². The van der Waals surface area contributed by atoms with Gasteiger partial charge in [0.05, 0.1) is 12.7 Å². The van der Waals surface area contributed by atoms with Gasteiger partial charge >= 0.3 is 0 Å². The molecule has 0 aliphatic carbocycles. The summed E-state index contributed by atoms with van der Waals surface area (Å²) in [6, 6.07) is 6.14. The van der Waals surface area contributed by atoms with Crippen LogP contribution >= 0.6 is 11.8 Å². The average Bonchev–Trinajstić information content (AvgIpc) is 2.98. The van der Waals surface area contributed by atoms with Gasteiger partial charge < -0.3 is 9.84 Å². The maximum Gasteiger partial charge on any atom is 0.128 e. The highest BCUT2D eigenvalue weighted by molar-refractivity contribution is 8.00. The standard InChI is InChI=1S/C13H16O2S/c14-12(11-5-2-8-16-11)10-4-1-3-9-6-7-15-13(9)10/h1,3-4,11-12,14H,2,5-8H2. The van der Waals surface area contributed by atoms with Crippen molar-refractivity contribution < 1.29 is 9.84 Å². The molecule has 0 aromatic heterocycles. The van der Waals surface area contributed by atoms with E-state index in [0.29, 0.717) is 5.25 Å². The molecule has 2 aliphatic rings. The predicted molar refractivity (Wildman–Crippen MR) is 66.1 cm³/mol. The molecule has 0 radical (unpaired) electrons. The van der Waals surface area contributed by atoms with Crippen LogP contribution in [0.25, 0.3) is 0 Å². The molecule has 3 heteroatoms. The highest BCUT2D eigenvalue weighted by Gasteiger charge is 2.29. The van der Waals surface area contributed by atoms with Gasteiger partial charge in [-0.1, -0.05) is 18.2 Å². The molecule has 3 rings (SSSR count). The number of aliphatic hydroxyl groups excluding tert-OH is 1. The van der Waals surface area contributed by atoms with Crippen LogP contribution in [0.1, 0.15) is 30.1 Å². The molecule has 16 heavy (non-hydrogen) atoms. The Balaban J connectivity index is 1.91. The Morgan fingerprint density at radius 1 is 1.44 bits per heavy atom. The van der Waals surface area contributed by atoms with Crippen LogP contribution in [0.2, 0.25) is 0 Å². The Morgan fingerprint density at radius 3 is 3.19 bits per heavy atom. The van der Waals surface area contributed by atoms with E-state index in [9.17, 15) is 5.11 Å². The number of hydrogen-bond donors (Lipinski definition) is 1. The maximum atomic E-state index is 10.4. The quantitative estimate of drug-likeness (QED) is 0.855. The number of aliphatic hydroxyl groups is 1. The number of para-hydroxylation sites is 1. The molecule has 1 aromatic rings. The van der Waals surface area contributed by atoms with Crippen molar-refractivity contribution in [2.24, 2.45) is 0 Å². The van der Waals surface area contributed by atoms with Crippen molar-refractivity contribution in [2.75, 3.05) is 12.4 Å². The topological polar surface area (TPSA) is 29.5 Å². The minimum atomic E-state index is -0.361. The molecule has 0 bridgehead atoms. The summed E-state index contributed by atoms with van der Waals surface area (Å²) in [5, 5.41) is 10.7. The molecule has 1 N–H and O–H groups in total. The van der Waals surface area contributed by atoms with Crippen molar-refractivity contribution in [1.82, 2.24) is 0 Å². The largest absolute Gasteiger partial charge is 0.493 e. The van der Waals surface area contributed by atoms with Crippen molar-refractivity contribution >= 4 is 11.8 Å². The highest BCUT2D eigenvalue weighted by Crippen LogP contribution is 2.41. The molecule has 2 nitrogen and oxygen atoms in total. The number of ether oxygens (including phenoxy) is 1. The molecule has 0 amide bonds. The fourth-order valence-corrected chi connectivity index (χ4v) is 3.82. The number of rotatable bonds is 2. The molecule has 2 atom stereocenters. The number of hydrogen-bond acceptors (Lipinski definition) is 3. The third-order valence-corrected chi connectivity index (χ3v) is 4.83. The molecule has 1 aromatic carbocycles. The first-order valence-corrected chi connectivity index (χ1v) is 6.95. The van der Waals surface area contributed by atoms with Gasteiger partial charge in [-0.05, 0) is 24.2 Å². The third-order valence-electron chi connectivity index (χ3n) is 3.38. The Kier molecular flexibility index (Phi) is 2.82. The fourth-order valence-electron chi connectivity index (χ4n) is 2.53. The molecule has 0 saturated carbocycles. The van der Waals surface area contributed by atoms with Gasteiger partial charge in [-0.25, -0.2) is 0 Å². The molecule has 1 fully saturated rings. The summed E-state index contributed by atoms with van der Waals surface area (Å²) in [6.07, 6.45) is 2.96. The van der Waals surface area contributed by atoms with E-state index in [1.165, 1.54) is 17.7 Å². The van der Waals surface area contributed by atoms with Crippen LogP contribution in [0.4, 0.5) is 0 Å². The van der Waals surface area contributed by atoms with Crippen molar-refractivity contribution in [1.29, 1.82) is 0 Å². The van der Waals surface area contributed by atoms with E-state index in [-0.39, 0.29) is 6.10 Å². The zero-order valence-electron chi connectivity index (χ0n) is 9.19. The molecule has 2 heterocycles. The van der Waals surface area contributed by atoms with Crippen LogP contribution < -0.4 is 4.74 Å². The van der Waals surface area contributed by atoms with E-state index in [2.05, 4.69) is 6.07 Å². The first-order valence-electron chi connectivity index (χ1n) is 5.90. The van der Waals surface area contributed by atoms with Crippen molar-refractivity contribution in [3.8, 4) is 5.75 Å². The van der Waals surface area contributed by atoms with E-state index in [1.807, 2.05) is 23.9 Å². The second kappa shape index (κ2) is 4.30. The zero-order chi connectivity index (χ0) is 11.0. The van der Waals surface area contributed by atoms with Gasteiger partial charge in [0.2, 0.25) is 0 Å². The molecule has 86 valence electrons. The van der Waals surface area contributed by atoms with Gasteiger partial charge in [-0.3, -0.25) is 0 Å². The summed E-state index contributed by atoms with van der Waals surface area (Å²) >= 11 is 1.89. The SMILES string of the molecule is OC(c1cccc2c1OCC2)C1CCCS1. The second-order valence-corrected chi connectivity index (χ2v) is 5.78. The van der Waals surface area contributed by atoms with Crippen LogP contribution in [0.3, 0.4) is 0 Å². The molecule has 2 aliphatic heterocycles. The summed E-state index contributed by atoms with van der Waals surface area (Å²) in [5.74, 6) is 2.12. The Morgan fingerprint density at radius 2 is 2.38 bits per heavy atom. The smallest absolute Gasteiger partial charge is 0.128 e. The summed E-state index contributed by atoms with van der Waals surface area (Å²) in [5.41, 5.74) is 2.24. The van der Waals surface area contributed by atoms with Gasteiger partial charge in [-0.2, -0.15) is 11.8 Å². The number of thioether (sulfide) groups is 1. The number of fused-ring (bicyclic) bond motifs is 1. The summed E-state index contributed by atoms with van der Waals surface area (Å²) < 4.78 is 5.64. The summed E-state index contributed by atoms with van der Waals surface area (Å²) in [7, 11) is 0. The first-order chi connectivity index (χ1) is 7.86. The lowest BCUT2D eigenvalue weighted by Gasteiger charge is -2.19. The lowest BCUT2D eigenvalue weighted by Crippen LogP contribution is -2.12. The van der Waals surface area contributed by atoms with E-state index in [4.69, 9.17) is 4.74 Å². The van der Waals surface area contributed by atoms with Crippen LogP contribution in [-0.2, 0) is 6.42 Å². The lowest BCUT2D eigenvalue weighted by molar-refractivity contribution is 0.168. The average molecular weight is 236 g/mol. The van der Waals surface area contributed by atoms with Gasteiger partial charge in [-0.15, -0.1) is 0 Å². The summed E-state index contributed by atoms with van der Waals surface area (Å²) in [6.45, 7) is 0.761. The fraction of sp³-hybridized carbons (Fsp3) is 0.538. The zero-order valence-corrected chi connectivity index (χ0v) is 10.0. The predicted octanol–water partition coefficient (Wildman–Crippen LogP) is 2.55. The third kappa shape index (κ3) is 1.72. The Bertz CT molecular complexity index is 386. The van der Waals surface area contributed by atoms with Crippen molar-refractivity contribution in [2.45, 2.75) is 30.6 Å².